The van der Waals surface area contributed by atoms with E-state index in [0.29, 0.717) is 11.3 Å². The van der Waals surface area contributed by atoms with Crippen molar-refractivity contribution >= 4 is 0 Å². The second-order valence-electron chi connectivity index (χ2n) is 8.20. The largest absolute Gasteiger partial charge is 0.368 e. The summed E-state index contributed by atoms with van der Waals surface area (Å²) in [5.74, 6) is 0.375. The Kier molecular flexibility index (Phi) is 4.22. The molecule has 1 heterocycles. The van der Waals surface area contributed by atoms with E-state index in [9.17, 15) is 0 Å². The molecule has 0 aliphatic carbocycles. The molecule has 2 N–H and O–H groups in total. The Labute approximate surface area is 113 Å². The Balaban J connectivity index is 2.72. The average molecular weight is 256 g/mol. The summed E-state index contributed by atoms with van der Waals surface area (Å²) in [5, 5.41) is 0. The Morgan fingerprint density at radius 2 is 1.61 bits per heavy atom. The smallest absolute Gasteiger partial charge is 0.0788 e. The van der Waals surface area contributed by atoms with Crippen LogP contribution in [-0.2, 0) is 4.74 Å². The van der Waals surface area contributed by atoms with Crippen molar-refractivity contribution in [3.63, 3.8) is 0 Å². The van der Waals surface area contributed by atoms with Crippen LogP contribution in [0.25, 0.3) is 0 Å². The molecule has 18 heavy (non-hydrogen) atoms. The summed E-state index contributed by atoms with van der Waals surface area (Å²) in [4.78, 5) is 2.39. The molecular weight excluding hydrogens is 224 g/mol. The van der Waals surface area contributed by atoms with Crippen molar-refractivity contribution in [2.75, 3.05) is 20.1 Å². The van der Waals surface area contributed by atoms with E-state index in [0.717, 1.165) is 13.1 Å². The van der Waals surface area contributed by atoms with Crippen molar-refractivity contribution in [2.45, 2.75) is 65.7 Å². The van der Waals surface area contributed by atoms with Gasteiger partial charge >= 0.3 is 0 Å². The molecule has 1 aliphatic rings. The third kappa shape index (κ3) is 3.69. The van der Waals surface area contributed by atoms with Crippen molar-refractivity contribution in [1.29, 1.82) is 0 Å². The summed E-state index contributed by atoms with van der Waals surface area (Å²) in [6.45, 7) is 17.4. The molecule has 3 heteroatoms. The Morgan fingerprint density at radius 3 is 1.94 bits per heavy atom. The van der Waals surface area contributed by atoms with Gasteiger partial charge in [-0.1, -0.05) is 20.8 Å². The summed E-state index contributed by atoms with van der Waals surface area (Å²) < 4.78 is 6.14. The summed E-state index contributed by atoms with van der Waals surface area (Å²) in [5.41, 5.74) is 6.34. The van der Waals surface area contributed by atoms with Crippen LogP contribution in [0, 0.1) is 11.3 Å². The second kappa shape index (κ2) is 4.77. The standard InChI is InChI=1S/C15H32N2O/c1-13(2,3)10-17(8)9-11-12(16)15(6,7)18-14(11,4)5/h11-12H,9-10,16H2,1-8H3. The molecule has 1 fully saturated rings. The average Bonchev–Trinajstić information content (AvgIpc) is 2.20. The molecular formula is C15H32N2O. The van der Waals surface area contributed by atoms with Crippen LogP contribution >= 0.6 is 0 Å². The lowest BCUT2D eigenvalue weighted by Gasteiger charge is -2.34. The van der Waals surface area contributed by atoms with Gasteiger partial charge in [0, 0.05) is 25.0 Å². The van der Waals surface area contributed by atoms with Crippen LogP contribution in [0.5, 0.6) is 0 Å². The highest BCUT2D eigenvalue weighted by molar-refractivity contribution is 5.04. The molecule has 2 unspecified atom stereocenters. The summed E-state index contributed by atoms with van der Waals surface area (Å²) in [6, 6.07) is 0.0925. The predicted octanol–water partition coefficient (Wildman–Crippen LogP) is 2.50. The predicted molar refractivity (Wildman–Crippen MR) is 77.7 cm³/mol. The molecule has 1 aliphatic heterocycles. The number of nitrogens with two attached hydrogens (primary N) is 1. The van der Waals surface area contributed by atoms with E-state index in [1.54, 1.807) is 0 Å². The molecule has 0 aromatic heterocycles. The van der Waals surface area contributed by atoms with Gasteiger partial charge in [-0.25, -0.2) is 0 Å². The van der Waals surface area contributed by atoms with Gasteiger partial charge in [-0.05, 0) is 40.2 Å². The molecule has 0 aromatic rings. The van der Waals surface area contributed by atoms with Crippen molar-refractivity contribution in [1.82, 2.24) is 4.90 Å². The summed E-state index contributed by atoms with van der Waals surface area (Å²) >= 11 is 0. The van der Waals surface area contributed by atoms with E-state index in [-0.39, 0.29) is 17.2 Å². The molecule has 0 radical (unpaired) electrons. The highest BCUT2D eigenvalue weighted by Crippen LogP contribution is 2.41. The lowest BCUT2D eigenvalue weighted by Crippen LogP contribution is -2.48. The topological polar surface area (TPSA) is 38.5 Å². The van der Waals surface area contributed by atoms with Gasteiger partial charge in [0.2, 0.25) is 0 Å². The molecule has 0 amide bonds. The van der Waals surface area contributed by atoms with E-state index in [1.807, 2.05) is 0 Å². The van der Waals surface area contributed by atoms with Crippen molar-refractivity contribution < 1.29 is 4.74 Å². The highest BCUT2D eigenvalue weighted by atomic mass is 16.5. The fraction of sp³-hybridized carbons (Fsp3) is 1.00. The van der Waals surface area contributed by atoms with Gasteiger partial charge in [0.15, 0.2) is 0 Å². The number of rotatable bonds is 3. The van der Waals surface area contributed by atoms with Gasteiger partial charge in [-0.3, -0.25) is 0 Å². The maximum absolute atomic E-state index is 6.39. The van der Waals surface area contributed by atoms with Gasteiger partial charge in [0.25, 0.3) is 0 Å². The monoisotopic (exact) mass is 256 g/mol. The lowest BCUT2D eigenvalue weighted by molar-refractivity contribution is -0.0784. The molecule has 108 valence electrons. The molecule has 0 bridgehead atoms. The maximum Gasteiger partial charge on any atom is 0.0788 e. The Morgan fingerprint density at radius 1 is 1.11 bits per heavy atom. The van der Waals surface area contributed by atoms with E-state index < -0.39 is 0 Å². The van der Waals surface area contributed by atoms with E-state index in [1.165, 1.54) is 0 Å². The maximum atomic E-state index is 6.39. The molecule has 0 spiro atoms. The molecule has 0 saturated carbocycles. The molecule has 1 saturated heterocycles. The second-order valence-corrected chi connectivity index (χ2v) is 8.20. The first-order valence-corrected chi connectivity index (χ1v) is 6.99. The Bertz CT molecular complexity index is 291. The number of hydrogen-bond donors (Lipinski definition) is 1. The molecule has 0 aromatic carbocycles. The number of nitrogens with zero attached hydrogens (tertiary/aromatic N) is 1. The molecule has 1 rings (SSSR count). The zero-order chi connectivity index (χ0) is 14.4. The fourth-order valence-corrected chi connectivity index (χ4v) is 3.28. The van der Waals surface area contributed by atoms with Crippen LogP contribution in [0.3, 0.4) is 0 Å². The van der Waals surface area contributed by atoms with E-state index in [2.05, 4.69) is 60.4 Å². The third-order valence-electron chi connectivity index (χ3n) is 3.91. The van der Waals surface area contributed by atoms with Crippen LogP contribution in [-0.4, -0.2) is 42.3 Å². The lowest BCUT2D eigenvalue weighted by atomic mass is 9.82. The zero-order valence-electron chi connectivity index (χ0n) is 13.5. The highest BCUT2D eigenvalue weighted by Gasteiger charge is 2.52. The van der Waals surface area contributed by atoms with Crippen molar-refractivity contribution in [2.24, 2.45) is 17.1 Å². The Hall–Kier alpha value is -0.120. The first-order chi connectivity index (χ1) is 7.85. The van der Waals surface area contributed by atoms with Crippen LogP contribution in [0.4, 0.5) is 0 Å². The minimum Gasteiger partial charge on any atom is -0.368 e. The number of ether oxygens (including phenoxy) is 1. The first kappa shape index (κ1) is 15.9. The van der Waals surface area contributed by atoms with E-state index >= 15 is 0 Å². The minimum atomic E-state index is -0.225. The zero-order valence-corrected chi connectivity index (χ0v) is 13.5. The summed E-state index contributed by atoms with van der Waals surface area (Å²) in [7, 11) is 2.18. The quantitative estimate of drug-likeness (QED) is 0.843. The third-order valence-corrected chi connectivity index (χ3v) is 3.91. The van der Waals surface area contributed by atoms with Gasteiger partial charge in [-0.15, -0.1) is 0 Å². The molecule has 2 atom stereocenters. The molecule has 3 nitrogen and oxygen atoms in total. The minimum absolute atomic E-state index is 0.0925. The fourth-order valence-electron chi connectivity index (χ4n) is 3.28. The normalized spacial score (nSPS) is 31.0. The van der Waals surface area contributed by atoms with Crippen LogP contribution in [0.15, 0.2) is 0 Å². The van der Waals surface area contributed by atoms with Crippen LogP contribution in [0.2, 0.25) is 0 Å². The van der Waals surface area contributed by atoms with Crippen LogP contribution < -0.4 is 5.73 Å². The van der Waals surface area contributed by atoms with Crippen molar-refractivity contribution in [3.05, 3.63) is 0 Å². The summed E-state index contributed by atoms with van der Waals surface area (Å²) in [6.07, 6.45) is 0. The van der Waals surface area contributed by atoms with Gasteiger partial charge in [0.1, 0.15) is 0 Å². The van der Waals surface area contributed by atoms with E-state index in [4.69, 9.17) is 10.5 Å². The van der Waals surface area contributed by atoms with Gasteiger partial charge < -0.3 is 15.4 Å². The SMILES string of the molecule is CN(CC1C(N)C(C)(C)OC1(C)C)CC(C)(C)C. The first-order valence-electron chi connectivity index (χ1n) is 6.99. The van der Waals surface area contributed by atoms with Crippen molar-refractivity contribution in [3.8, 4) is 0 Å². The van der Waals surface area contributed by atoms with Gasteiger partial charge in [-0.2, -0.15) is 0 Å². The number of hydrogen-bond acceptors (Lipinski definition) is 3. The van der Waals surface area contributed by atoms with Gasteiger partial charge in [0.05, 0.1) is 11.2 Å². The van der Waals surface area contributed by atoms with Crippen LogP contribution in [0.1, 0.15) is 48.5 Å².